The highest BCUT2D eigenvalue weighted by atomic mass is 35.5. The third-order valence-electron chi connectivity index (χ3n) is 7.83. The molecular weight excluding hydrogens is 507 g/mol. The number of piperidine rings is 1. The van der Waals surface area contributed by atoms with E-state index >= 15 is 0 Å². The predicted molar refractivity (Wildman–Crippen MR) is 149 cm³/mol. The third kappa shape index (κ3) is 7.24. The lowest BCUT2D eigenvalue weighted by atomic mass is 9.92. The Morgan fingerprint density at radius 3 is 2.32 bits per heavy atom. The first-order valence-electron chi connectivity index (χ1n) is 13.5. The van der Waals surface area contributed by atoms with E-state index in [4.69, 9.17) is 23.2 Å². The van der Waals surface area contributed by atoms with Crippen molar-refractivity contribution in [3.05, 3.63) is 63.9 Å². The molecule has 3 heterocycles. The summed E-state index contributed by atoms with van der Waals surface area (Å²) in [6.45, 7) is 7.62. The summed E-state index contributed by atoms with van der Waals surface area (Å²) in [5, 5.41) is 1.32. The van der Waals surface area contributed by atoms with Crippen LogP contribution in [0.2, 0.25) is 10.0 Å². The predicted octanol–water partition coefficient (Wildman–Crippen LogP) is 5.83. The van der Waals surface area contributed by atoms with Crippen molar-refractivity contribution in [3.8, 4) is 0 Å². The fourth-order valence-electron chi connectivity index (χ4n) is 5.71. The summed E-state index contributed by atoms with van der Waals surface area (Å²) < 4.78 is 0. The van der Waals surface area contributed by atoms with Crippen LogP contribution in [0.3, 0.4) is 0 Å². The number of benzene rings is 1. The second kappa shape index (κ2) is 13.1. The lowest BCUT2D eigenvalue weighted by Crippen LogP contribution is -2.56. The molecule has 200 valence electrons. The number of piperazine rings is 1. The van der Waals surface area contributed by atoms with Crippen molar-refractivity contribution < 1.29 is 9.59 Å². The summed E-state index contributed by atoms with van der Waals surface area (Å²) in [5.74, 6) is 0.744. The zero-order chi connectivity index (χ0) is 26.4. The molecule has 2 amide bonds. The smallest absolute Gasteiger partial charge is 0.223 e. The van der Waals surface area contributed by atoms with Gasteiger partial charge in [0, 0.05) is 63.3 Å². The number of hydrogen-bond acceptors (Lipinski definition) is 4. The molecular formula is C29H38Cl2N4O2. The highest BCUT2D eigenvalue weighted by Crippen LogP contribution is 2.32. The number of pyridine rings is 1. The Balaban J connectivity index is 1.49. The quantitative estimate of drug-likeness (QED) is 0.419. The van der Waals surface area contributed by atoms with Crippen LogP contribution in [0.4, 0.5) is 0 Å². The third-order valence-corrected chi connectivity index (χ3v) is 8.31. The number of aromatic nitrogens is 1. The van der Waals surface area contributed by atoms with Gasteiger partial charge in [0.15, 0.2) is 0 Å². The van der Waals surface area contributed by atoms with Gasteiger partial charge in [0.05, 0.1) is 16.8 Å². The van der Waals surface area contributed by atoms with E-state index in [1.165, 1.54) is 0 Å². The lowest BCUT2D eigenvalue weighted by molar-refractivity contribution is -0.138. The number of halogens is 2. The van der Waals surface area contributed by atoms with E-state index in [0.717, 1.165) is 69.5 Å². The van der Waals surface area contributed by atoms with Crippen molar-refractivity contribution in [1.29, 1.82) is 0 Å². The summed E-state index contributed by atoms with van der Waals surface area (Å²) in [6.07, 6.45) is 7.27. The SMILES string of the molecule is CCCC[C@H]1CN(C(c2ccc(Cl)cc2)c2ccc(Cl)cn2)CCN1C(=O)CC1CCN(C(C)=O)CC1. The van der Waals surface area contributed by atoms with E-state index in [1.807, 2.05) is 29.2 Å². The van der Waals surface area contributed by atoms with Crippen LogP contribution in [0.5, 0.6) is 0 Å². The van der Waals surface area contributed by atoms with E-state index in [-0.39, 0.29) is 23.9 Å². The molecule has 2 aliphatic rings. The van der Waals surface area contributed by atoms with E-state index < -0.39 is 0 Å². The van der Waals surface area contributed by atoms with E-state index in [9.17, 15) is 9.59 Å². The van der Waals surface area contributed by atoms with Crippen molar-refractivity contribution in [2.24, 2.45) is 5.92 Å². The summed E-state index contributed by atoms with van der Waals surface area (Å²) in [4.78, 5) is 36.4. The lowest BCUT2D eigenvalue weighted by Gasteiger charge is -2.45. The van der Waals surface area contributed by atoms with Gasteiger partial charge >= 0.3 is 0 Å². The van der Waals surface area contributed by atoms with Crippen molar-refractivity contribution in [2.45, 2.75) is 64.5 Å². The first kappa shape index (κ1) is 27.9. The average molecular weight is 546 g/mol. The Hall–Kier alpha value is -2.15. The Bertz CT molecular complexity index is 993. The molecule has 2 saturated heterocycles. The minimum absolute atomic E-state index is 0.0354. The Morgan fingerprint density at radius 1 is 1.00 bits per heavy atom. The second-order valence-corrected chi connectivity index (χ2v) is 11.3. The number of hydrogen-bond donors (Lipinski definition) is 0. The molecule has 2 aliphatic heterocycles. The zero-order valence-electron chi connectivity index (χ0n) is 21.9. The molecule has 0 radical (unpaired) electrons. The number of rotatable bonds is 8. The van der Waals surface area contributed by atoms with Crippen LogP contribution >= 0.6 is 23.2 Å². The minimum Gasteiger partial charge on any atom is -0.343 e. The fourth-order valence-corrected chi connectivity index (χ4v) is 5.95. The van der Waals surface area contributed by atoms with E-state index in [1.54, 1.807) is 13.1 Å². The first-order chi connectivity index (χ1) is 17.9. The molecule has 37 heavy (non-hydrogen) atoms. The maximum atomic E-state index is 13.5. The molecule has 0 bridgehead atoms. The van der Waals surface area contributed by atoms with E-state index in [0.29, 0.717) is 28.9 Å². The van der Waals surface area contributed by atoms with Gasteiger partial charge in [-0.15, -0.1) is 0 Å². The van der Waals surface area contributed by atoms with Gasteiger partial charge in [0.1, 0.15) is 0 Å². The van der Waals surface area contributed by atoms with Crippen molar-refractivity contribution in [1.82, 2.24) is 19.7 Å². The first-order valence-corrected chi connectivity index (χ1v) is 14.3. The molecule has 0 spiro atoms. The molecule has 0 saturated carbocycles. The van der Waals surface area contributed by atoms with Gasteiger partial charge in [-0.1, -0.05) is 55.1 Å². The molecule has 0 aliphatic carbocycles. The number of carbonyl (C=O) groups is 2. The Kier molecular flexibility index (Phi) is 9.85. The van der Waals surface area contributed by atoms with Gasteiger partial charge in [-0.25, -0.2) is 0 Å². The maximum Gasteiger partial charge on any atom is 0.223 e. The van der Waals surface area contributed by atoms with Crippen LogP contribution in [-0.4, -0.2) is 70.3 Å². The standard InChI is InChI=1S/C29H38Cl2N4O2/c1-3-4-5-26-20-34(16-17-35(26)28(37)18-22-12-14-33(15-13-22)21(2)36)29(23-6-8-24(30)9-7-23)27-11-10-25(31)19-32-27/h6-11,19,22,26,29H,3-5,12-18,20H2,1-2H3/t26-,29?/m0/s1. The molecule has 2 aromatic rings. The minimum atomic E-state index is -0.0354. The fraction of sp³-hybridized carbons (Fsp3) is 0.552. The summed E-state index contributed by atoms with van der Waals surface area (Å²) >= 11 is 12.3. The molecule has 4 rings (SSSR count). The monoisotopic (exact) mass is 544 g/mol. The Morgan fingerprint density at radius 2 is 1.70 bits per heavy atom. The van der Waals surface area contributed by atoms with Crippen molar-refractivity contribution in [2.75, 3.05) is 32.7 Å². The molecule has 0 N–H and O–H groups in total. The highest BCUT2D eigenvalue weighted by molar-refractivity contribution is 6.30. The van der Waals surface area contributed by atoms with Gasteiger partial charge in [-0.05, 0) is 55.0 Å². The highest BCUT2D eigenvalue weighted by Gasteiger charge is 2.35. The van der Waals surface area contributed by atoms with Gasteiger partial charge in [0.2, 0.25) is 11.8 Å². The maximum absolute atomic E-state index is 13.5. The number of unbranched alkanes of at least 4 members (excludes halogenated alkanes) is 1. The largest absolute Gasteiger partial charge is 0.343 e. The van der Waals surface area contributed by atoms with E-state index in [2.05, 4.69) is 33.8 Å². The van der Waals surface area contributed by atoms with Gasteiger partial charge in [-0.3, -0.25) is 19.5 Å². The molecule has 2 atom stereocenters. The molecule has 2 fully saturated rings. The number of likely N-dealkylation sites (tertiary alicyclic amines) is 1. The molecule has 6 nitrogen and oxygen atoms in total. The number of nitrogens with zero attached hydrogens (tertiary/aromatic N) is 4. The zero-order valence-corrected chi connectivity index (χ0v) is 23.4. The molecule has 8 heteroatoms. The van der Waals surface area contributed by atoms with Crippen LogP contribution in [-0.2, 0) is 9.59 Å². The molecule has 1 aromatic heterocycles. The van der Waals surface area contributed by atoms with Crippen LogP contribution in [0.25, 0.3) is 0 Å². The molecule has 1 aromatic carbocycles. The van der Waals surface area contributed by atoms with Gasteiger partial charge < -0.3 is 9.80 Å². The van der Waals surface area contributed by atoms with Crippen LogP contribution < -0.4 is 0 Å². The van der Waals surface area contributed by atoms with Crippen LogP contribution in [0, 0.1) is 5.92 Å². The molecule has 1 unspecified atom stereocenters. The van der Waals surface area contributed by atoms with Crippen molar-refractivity contribution >= 4 is 35.0 Å². The second-order valence-electron chi connectivity index (χ2n) is 10.4. The Labute approximate surface area is 230 Å². The number of carbonyl (C=O) groups excluding carboxylic acids is 2. The summed E-state index contributed by atoms with van der Waals surface area (Å²) in [6, 6.07) is 12.0. The summed E-state index contributed by atoms with van der Waals surface area (Å²) in [7, 11) is 0. The van der Waals surface area contributed by atoms with Gasteiger partial charge in [0.25, 0.3) is 0 Å². The van der Waals surface area contributed by atoms with Crippen LogP contribution in [0.15, 0.2) is 42.6 Å². The van der Waals surface area contributed by atoms with Crippen molar-refractivity contribution in [3.63, 3.8) is 0 Å². The normalized spacial score (nSPS) is 20.2. The topological polar surface area (TPSA) is 56.8 Å². The van der Waals surface area contributed by atoms with Crippen LogP contribution in [0.1, 0.15) is 69.7 Å². The summed E-state index contributed by atoms with van der Waals surface area (Å²) in [5.41, 5.74) is 2.07. The van der Waals surface area contributed by atoms with Gasteiger partial charge in [-0.2, -0.15) is 0 Å². The average Bonchev–Trinajstić information content (AvgIpc) is 2.90. The number of amides is 2.